The maximum absolute atomic E-state index is 12.6. The van der Waals surface area contributed by atoms with E-state index in [1.165, 1.54) is 11.8 Å². The minimum atomic E-state index is -4.91. The molecule has 0 heterocycles. The summed E-state index contributed by atoms with van der Waals surface area (Å²) in [5.41, 5.74) is -3.90. The second kappa shape index (κ2) is 6.61. The van der Waals surface area contributed by atoms with Gasteiger partial charge in [0.2, 0.25) is 0 Å². The zero-order valence-corrected chi connectivity index (χ0v) is 11.5. The van der Waals surface area contributed by atoms with Gasteiger partial charge in [0.1, 0.15) is 0 Å². The molecule has 0 spiro atoms. The van der Waals surface area contributed by atoms with Crippen molar-refractivity contribution in [2.75, 3.05) is 23.9 Å². The lowest BCUT2D eigenvalue weighted by Gasteiger charge is -2.11. The largest absolute Gasteiger partial charge is 0.416 e. The predicted molar refractivity (Wildman–Crippen MR) is 71.6 cm³/mol. The first-order valence-electron chi connectivity index (χ1n) is 5.45. The van der Waals surface area contributed by atoms with Gasteiger partial charge in [-0.2, -0.15) is 24.9 Å². The fourth-order valence-electron chi connectivity index (χ4n) is 1.52. The Balaban J connectivity index is 3.44. The van der Waals surface area contributed by atoms with Crippen molar-refractivity contribution in [3.63, 3.8) is 0 Å². The van der Waals surface area contributed by atoms with E-state index in [1.54, 1.807) is 6.26 Å². The first kappa shape index (κ1) is 17.0. The van der Waals surface area contributed by atoms with E-state index < -0.39 is 38.6 Å². The van der Waals surface area contributed by atoms with Crippen LogP contribution < -0.4 is 5.32 Å². The van der Waals surface area contributed by atoms with Crippen molar-refractivity contribution in [3.8, 4) is 0 Å². The SMILES string of the molecule is CSCCNc1c([N+](=O)[O-])cc(C(F)(F)F)cc1[N+](=O)[O-]. The standard InChI is InChI=1S/C10H10F3N3O4S/c1-21-3-2-14-9-7(15(17)18)4-6(10(11,12)13)5-8(9)16(19)20/h4-5,14H,2-3H2,1H3. The molecule has 0 saturated heterocycles. The average Bonchev–Trinajstić information content (AvgIpc) is 2.36. The van der Waals surface area contributed by atoms with Gasteiger partial charge in [0.05, 0.1) is 15.4 Å². The number of nitrogens with one attached hydrogen (secondary N) is 1. The number of nitrogens with zero attached hydrogens (tertiary/aromatic N) is 2. The van der Waals surface area contributed by atoms with Crippen LogP contribution in [0, 0.1) is 20.2 Å². The molecule has 0 aliphatic rings. The molecular weight excluding hydrogens is 315 g/mol. The van der Waals surface area contributed by atoms with Crippen LogP contribution in [0.5, 0.6) is 0 Å². The number of halogens is 3. The molecular formula is C10H10F3N3O4S. The number of rotatable bonds is 6. The molecule has 0 radical (unpaired) electrons. The van der Waals surface area contributed by atoms with Gasteiger partial charge >= 0.3 is 6.18 Å². The Bertz CT molecular complexity index is 530. The highest BCUT2D eigenvalue weighted by Crippen LogP contribution is 2.41. The molecule has 0 aliphatic carbocycles. The lowest BCUT2D eigenvalue weighted by molar-refractivity contribution is -0.392. The Morgan fingerprint density at radius 2 is 1.67 bits per heavy atom. The van der Waals surface area contributed by atoms with Crippen LogP contribution in [0.15, 0.2) is 12.1 Å². The van der Waals surface area contributed by atoms with Gasteiger partial charge in [-0.1, -0.05) is 0 Å². The fraction of sp³-hybridized carbons (Fsp3) is 0.400. The Morgan fingerprint density at radius 1 is 1.19 bits per heavy atom. The van der Waals surface area contributed by atoms with E-state index in [4.69, 9.17) is 0 Å². The molecule has 0 aliphatic heterocycles. The minimum absolute atomic E-state index is 0.147. The van der Waals surface area contributed by atoms with Gasteiger partial charge in [-0.3, -0.25) is 20.2 Å². The minimum Gasteiger partial charge on any atom is -0.373 e. The topological polar surface area (TPSA) is 98.3 Å². The van der Waals surface area contributed by atoms with E-state index in [2.05, 4.69) is 5.32 Å². The van der Waals surface area contributed by atoms with Crippen molar-refractivity contribution >= 4 is 28.8 Å². The van der Waals surface area contributed by atoms with Crippen LogP contribution in [0.2, 0.25) is 0 Å². The van der Waals surface area contributed by atoms with Gasteiger partial charge in [-0.15, -0.1) is 0 Å². The molecule has 116 valence electrons. The third-order valence-electron chi connectivity index (χ3n) is 2.43. The van der Waals surface area contributed by atoms with Crippen LogP contribution in [0.1, 0.15) is 5.56 Å². The number of benzene rings is 1. The molecule has 1 N–H and O–H groups in total. The molecule has 0 unspecified atom stereocenters. The molecule has 0 saturated carbocycles. The quantitative estimate of drug-likeness (QED) is 0.489. The second-order valence-corrected chi connectivity index (χ2v) is 4.81. The summed E-state index contributed by atoms with van der Waals surface area (Å²) in [7, 11) is 0. The van der Waals surface area contributed by atoms with E-state index in [0.717, 1.165) is 0 Å². The maximum Gasteiger partial charge on any atom is 0.416 e. The zero-order valence-electron chi connectivity index (χ0n) is 10.6. The van der Waals surface area contributed by atoms with Gasteiger partial charge in [0, 0.05) is 24.4 Å². The van der Waals surface area contributed by atoms with Crippen molar-refractivity contribution in [2.45, 2.75) is 6.18 Å². The summed E-state index contributed by atoms with van der Waals surface area (Å²) in [4.78, 5) is 19.6. The number of anilines is 1. The smallest absolute Gasteiger partial charge is 0.373 e. The molecule has 0 amide bonds. The Kier molecular flexibility index (Phi) is 5.35. The van der Waals surface area contributed by atoms with Gasteiger partial charge in [0.15, 0.2) is 5.69 Å². The number of nitro benzene ring substituents is 2. The van der Waals surface area contributed by atoms with E-state index >= 15 is 0 Å². The third-order valence-corrected chi connectivity index (χ3v) is 3.04. The van der Waals surface area contributed by atoms with Crippen LogP contribution in [0.3, 0.4) is 0 Å². The Labute approximate surface area is 120 Å². The van der Waals surface area contributed by atoms with Gasteiger partial charge in [-0.25, -0.2) is 0 Å². The molecule has 11 heteroatoms. The molecule has 1 aromatic carbocycles. The summed E-state index contributed by atoms with van der Waals surface area (Å²) in [5, 5.41) is 24.2. The average molecular weight is 325 g/mol. The maximum atomic E-state index is 12.6. The molecule has 21 heavy (non-hydrogen) atoms. The third kappa shape index (κ3) is 4.21. The first-order valence-corrected chi connectivity index (χ1v) is 6.84. The number of thioether (sulfide) groups is 1. The molecule has 7 nitrogen and oxygen atoms in total. The monoisotopic (exact) mass is 325 g/mol. The van der Waals surface area contributed by atoms with Crippen molar-refractivity contribution in [3.05, 3.63) is 37.9 Å². The van der Waals surface area contributed by atoms with Crippen LogP contribution in [-0.2, 0) is 6.18 Å². The van der Waals surface area contributed by atoms with E-state index in [0.29, 0.717) is 5.75 Å². The van der Waals surface area contributed by atoms with E-state index in [-0.39, 0.29) is 18.7 Å². The number of nitro groups is 2. The van der Waals surface area contributed by atoms with Crippen molar-refractivity contribution < 1.29 is 23.0 Å². The first-order chi connectivity index (χ1) is 9.68. The van der Waals surface area contributed by atoms with Crippen LogP contribution in [0.25, 0.3) is 0 Å². The van der Waals surface area contributed by atoms with E-state index in [1.807, 2.05) is 0 Å². The molecule has 0 aromatic heterocycles. The van der Waals surface area contributed by atoms with Crippen molar-refractivity contribution in [1.82, 2.24) is 0 Å². The fourth-order valence-corrected chi connectivity index (χ4v) is 1.83. The summed E-state index contributed by atoms with van der Waals surface area (Å²) in [6.45, 7) is 0.147. The lowest BCUT2D eigenvalue weighted by atomic mass is 10.1. The highest BCUT2D eigenvalue weighted by Gasteiger charge is 2.37. The van der Waals surface area contributed by atoms with Crippen molar-refractivity contribution in [1.29, 1.82) is 0 Å². The number of hydrogen-bond acceptors (Lipinski definition) is 6. The highest BCUT2D eigenvalue weighted by atomic mass is 32.2. The second-order valence-electron chi connectivity index (χ2n) is 3.82. The van der Waals surface area contributed by atoms with Crippen LogP contribution in [-0.4, -0.2) is 28.4 Å². The molecule has 1 aromatic rings. The van der Waals surface area contributed by atoms with Crippen LogP contribution in [0.4, 0.5) is 30.2 Å². The van der Waals surface area contributed by atoms with Gasteiger partial charge in [0.25, 0.3) is 11.4 Å². The molecule has 0 atom stereocenters. The Hall–Kier alpha value is -2.04. The van der Waals surface area contributed by atoms with Gasteiger partial charge in [-0.05, 0) is 6.26 Å². The summed E-state index contributed by atoms with van der Waals surface area (Å²) in [5.74, 6) is 0.481. The normalized spacial score (nSPS) is 11.2. The lowest BCUT2D eigenvalue weighted by Crippen LogP contribution is -2.12. The number of alkyl halides is 3. The predicted octanol–water partition coefficient (Wildman–Crippen LogP) is 3.30. The summed E-state index contributed by atoms with van der Waals surface area (Å²) in [6, 6.07) is 0.572. The molecule has 0 bridgehead atoms. The van der Waals surface area contributed by atoms with Crippen molar-refractivity contribution in [2.24, 2.45) is 0 Å². The number of hydrogen-bond donors (Lipinski definition) is 1. The van der Waals surface area contributed by atoms with Crippen LogP contribution >= 0.6 is 11.8 Å². The summed E-state index contributed by atoms with van der Waals surface area (Å²) < 4.78 is 37.9. The molecule has 1 rings (SSSR count). The summed E-state index contributed by atoms with van der Waals surface area (Å²) in [6.07, 6.45) is -3.16. The Morgan fingerprint density at radius 3 is 2.00 bits per heavy atom. The highest BCUT2D eigenvalue weighted by molar-refractivity contribution is 7.98. The summed E-state index contributed by atoms with van der Waals surface area (Å²) >= 11 is 1.37. The zero-order chi connectivity index (χ0) is 16.2. The van der Waals surface area contributed by atoms with Gasteiger partial charge < -0.3 is 5.32 Å². The molecule has 0 fully saturated rings. The van der Waals surface area contributed by atoms with E-state index in [9.17, 15) is 33.4 Å².